The predicted octanol–water partition coefficient (Wildman–Crippen LogP) is 1.92. The highest BCUT2D eigenvalue weighted by Crippen LogP contribution is 2.21. The molecule has 1 aliphatic rings. The van der Waals surface area contributed by atoms with Gasteiger partial charge in [-0.1, -0.05) is 25.7 Å². The molecule has 3 heteroatoms. The molecule has 0 aliphatic heterocycles. The molecule has 0 saturated heterocycles. The van der Waals surface area contributed by atoms with Crippen molar-refractivity contribution in [2.24, 2.45) is 5.73 Å². The maximum absolute atomic E-state index is 5.66. The van der Waals surface area contributed by atoms with Crippen LogP contribution < -0.4 is 5.73 Å². The van der Waals surface area contributed by atoms with Gasteiger partial charge in [0.1, 0.15) is 0 Å². The second kappa shape index (κ2) is 8.90. The number of nitrogens with zero attached hydrogens (tertiary/aromatic N) is 2. The molecule has 1 aliphatic carbocycles. The fraction of sp³-hybridized carbons (Fsp3) is 1.00. The third-order valence-corrected chi connectivity index (χ3v) is 3.82. The first-order valence-corrected chi connectivity index (χ1v) is 7.33. The van der Waals surface area contributed by atoms with Crippen molar-refractivity contribution in [2.75, 3.05) is 40.3 Å². The van der Waals surface area contributed by atoms with Gasteiger partial charge in [0.15, 0.2) is 0 Å². The first-order valence-electron chi connectivity index (χ1n) is 7.33. The molecule has 0 bridgehead atoms. The molecule has 2 N–H and O–H groups in total. The van der Waals surface area contributed by atoms with Crippen molar-refractivity contribution in [3.8, 4) is 0 Å². The van der Waals surface area contributed by atoms with Gasteiger partial charge in [-0.3, -0.25) is 4.90 Å². The molecule has 1 saturated carbocycles. The number of nitrogens with two attached hydrogens (primary N) is 1. The maximum atomic E-state index is 5.66. The average Bonchev–Trinajstić information content (AvgIpc) is 2.57. The fourth-order valence-electron chi connectivity index (χ4n) is 2.72. The van der Waals surface area contributed by atoms with E-state index in [2.05, 4.69) is 23.9 Å². The predicted molar refractivity (Wildman–Crippen MR) is 75.3 cm³/mol. The zero-order valence-electron chi connectivity index (χ0n) is 11.8. The van der Waals surface area contributed by atoms with E-state index in [0.29, 0.717) is 0 Å². The van der Waals surface area contributed by atoms with Crippen LogP contribution in [-0.4, -0.2) is 56.1 Å². The number of likely N-dealkylation sites (N-methyl/N-ethyl adjacent to an activating group) is 1. The van der Waals surface area contributed by atoms with Gasteiger partial charge < -0.3 is 10.6 Å². The van der Waals surface area contributed by atoms with Gasteiger partial charge in [0.2, 0.25) is 0 Å². The van der Waals surface area contributed by atoms with Gasteiger partial charge in [-0.2, -0.15) is 0 Å². The Labute approximate surface area is 107 Å². The van der Waals surface area contributed by atoms with E-state index in [0.717, 1.165) is 19.0 Å². The lowest BCUT2D eigenvalue weighted by molar-refractivity contribution is 0.162. The van der Waals surface area contributed by atoms with Gasteiger partial charge in [-0.25, -0.2) is 0 Å². The summed E-state index contributed by atoms with van der Waals surface area (Å²) in [6, 6.07) is 0.823. The van der Waals surface area contributed by atoms with Gasteiger partial charge in [0, 0.05) is 19.1 Å². The second-order valence-corrected chi connectivity index (χ2v) is 5.63. The molecule has 1 rings (SSSR count). The van der Waals surface area contributed by atoms with Gasteiger partial charge >= 0.3 is 0 Å². The summed E-state index contributed by atoms with van der Waals surface area (Å²) in [4.78, 5) is 4.98. The Bertz CT molecular complexity index is 174. The van der Waals surface area contributed by atoms with Crippen LogP contribution >= 0.6 is 0 Å². The normalized spacial score (nSPS) is 18.9. The Hall–Kier alpha value is -0.120. The molecular weight excluding hydrogens is 210 g/mol. The van der Waals surface area contributed by atoms with Crippen LogP contribution in [0.3, 0.4) is 0 Å². The lowest BCUT2D eigenvalue weighted by Gasteiger charge is -2.32. The van der Waals surface area contributed by atoms with Crippen molar-refractivity contribution in [3.05, 3.63) is 0 Å². The monoisotopic (exact) mass is 241 g/mol. The van der Waals surface area contributed by atoms with Crippen molar-refractivity contribution in [2.45, 2.75) is 51.0 Å². The largest absolute Gasteiger partial charge is 0.330 e. The van der Waals surface area contributed by atoms with Crippen LogP contribution in [0.15, 0.2) is 0 Å². The van der Waals surface area contributed by atoms with Gasteiger partial charge in [-0.05, 0) is 46.4 Å². The molecule has 0 aromatic rings. The summed E-state index contributed by atoms with van der Waals surface area (Å²) in [5, 5.41) is 0. The summed E-state index contributed by atoms with van der Waals surface area (Å²) in [6.07, 6.45) is 9.67. The minimum Gasteiger partial charge on any atom is -0.330 e. The summed E-state index contributed by atoms with van der Waals surface area (Å²) in [7, 11) is 4.32. The topological polar surface area (TPSA) is 32.5 Å². The van der Waals surface area contributed by atoms with Crippen LogP contribution in [0.25, 0.3) is 0 Å². The molecule has 17 heavy (non-hydrogen) atoms. The minimum absolute atomic E-state index is 0.823. The smallest absolute Gasteiger partial charge is 0.0112 e. The highest BCUT2D eigenvalue weighted by atomic mass is 15.2. The molecule has 0 spiro atoms. The van der Waals surface area contributed by atoms with E-state index in [9.17, 15) is 0 Å². The number of hydrogen-bond donors (Lipinski definition) is 1. The summed E-state index contributed by atoms with van der Waals surface area (Å²) in [6.45, 7) is 4.39. The molecule has 0 heterocycles. The third kappa shape index (κ3) is 6.39. The summed E-state index contributed by atoms with van der Waals surface area (Å²) in [5.41, 5.74) is 5.66. The maximum Gasteiger partial charge on any atom is 0.0112 e. The lowest BCUT2D eigenvalue weighted by Crippen LogP contribution is -2.40. The van der Waals surface area contributed by atoms with Crippen molar-refractivity contribution >= 4 is 0 Å². The molecule has 3 nitrogen and oxygen atoms in total. The van der Waals surface area contributed by atoms with Gasteiger partial charge in [0.25, 0.3) is 0 Å². The molecule has 0 unspecified atom stereocenters. The lowest BCUT2D eigenvalue weighted by atomic mass is 10.1. The van der Waals surface area contributed by atoms with Crippen LogP contribution in [0.2, 0.25) is 0 Å². The molecular formula is C14H31N3. The Balaban J connectivity index is 2.40. The van der Waals surface area contributed by atoms with Crippen LogP contribution in [0.5, 0.6) is 0 Å². The first-order chi connectivity index (χ1) is 8.24. The Morgan fingerprint density at radius 2 is 1.59 bits per heavy atom. The fourth-order valence-corrected chi connectivity index (χ4v) is 2.72. The molecule has 0 atom stereocenters. The highest BCUT2D eigenvalue weighted by Gasteiger charge is 2.19. The van der Waals surface area contributed by atoms with Crippen LogP contribution in [-0.2, 0) is 0 Å². The van der Waals surface area contributed by atoms with E-state index in [-0.39, 0.29) is 0 Å². The highest BCUT2D eigenvalue weighted by molar-refractivity contribution is 4.75. The summed E-state index contributed by atoms with van der Waals surface area (Å²) >= 11 is 0. The molecule has 102 valence electrons. The average molecular weight is 241 g/mol. The second-order valence-electron chi connectivity index (χ2n) is 5.63. The number of rotatable bonds is 7. The van der Waals surface area contributed by atoms with E-state index in [1.165, 1.54) is 58.2 Å². The van der Waals surface area contributed by atoms with Crippen molar-refractivity contribution < 1.29 is 0 Å². The van der Waals surface area contributed by atoms with Crippen molar-refractivity contribution in [3.63, 3.8) is 0 Å². The van der Waals surface area contributed by atoms with E-state index in [1.807, 2.05) is 0 Å². The molecule has 0 radical (unpaired) electrons. The van der Waals surface area contributed by atoms with Crippen LogP contribution in [0.4, 0.5) is 0 Å². The Morgan fingerprint density at radius 1 is 0.941 bits per heavy atom. The number of hydrogen-bond acceptors (Lipinski definition) is 3. The van der Waals surface area contributed by atoms with E-state index in [1.54, 1.807) is 0 Å². The first kappa shape index (κ1) is 14.9. The van der Waals surface area contributed by atoms with Gasteiger partial charge in [-0.15, -0.1) is 0 Å². The Kier molecular flexibility index (Phi) is 7.82. The van der Waals surface area contributed by atoms with Crippen LogP contribution in [0.1, 0.15) is 44.9 Å². The quantitative estimate of drug-likeness (QED) is 0.691. The summed E-state index contributed by atoms with van der Waals surface area (Å²) < 4.78 is 0. The molecule has 0 aromatic carbocycles. The van der Waals surface area contributed by atoms with Crippen molar-refractivity contribution in [1.82, 2.24) is 9.80 Å². The van der Waals surface area contributed by atoms with E-state index >= 15 is 0 Å². The zero-order chi connectivity index (χ0) is 12.5. The standard InChI is InChI=1S/C14H31N3/c1-16(2)12-13-17(11-7-10-15)14-8-5-3-4-6-9-14/h14H,3-13,15H2,1-2H3. The Morgan fingerprint density at radius 3 is 2.12 bits per heavy atom. The third-order valence-electron chi connectivity index (χ3n) is 3.82. The molecule has 0 amide bonds. The van der Waals surface area contributed by atoms with E-state index < -0.39 is 0 Å². The minimum atomic E-state index is 0.823. The molecule has 1 fully saturated rings. The zero-order valence-corrected chi connectivity index (χ0v) is 11.8. The molecule has 0 aromatic heterocycles. The van der Waals surface area contributed by atoms with Crippen LogP contribution in [0, 0.1) is 0 Å². The summed E-state index contributed by atoms with van der Waals surface area (Å²) in [5.74, 6) is 0. The van der Waals surface area contributed by atoms with Crippen molar-refractivity contribution in [1.29, 1.82) is 0 Å². The van der Waals surface area contributed by atoms with Gasteiger partial charge in [0.05, 0.1) is 0 Å². The SMILES string of the molecule is CN(C)CCN(CCCN)C1CCCCCC1. The van der Waals surface area contributed by atoms with E-state index in [4.69, 9.17) is 5.73 Å².